The van der Waals surface area contributed by atoms with Crippen molar-refractivity contribution in [2.24, 2.45) is 0 Å². The van der Waals surface area contributed by atoms with Crippen LogP contribution in [0.5, 0.6) is 5.75 Å². The largest absolute Gasteiger partial charge is 0.573 e. The van der Waals surface area contributed by atoms with Crippen molar-refractivity contribution in [3.8, 4) is 5.75 Å². The molecule has 2 rings (SSSR count). The molecular formula is C10H5Cl2F3N4O. The molecule has 0 amide bonds. The van der Waals surface area contributed by atoms with Gasteiger partial charge in [0.1, 0.15) is 5.75 Å². The zero-order valence-electron chi connectivity index (χ0n) is 9.45. The van der Waals surface area contributed by atoms with E-state index < -0.39 is 6.36 Å². The van der Waals surface area contributed by atoms with Gasteiger partial charge in [0.25, 0.3) is 0 Å². The number of anilines is 2. The molecule has 1 aromatic heterocycles. The number of nitrogens with one attached hydrogen (secondary N) is 1. The first kappa shape index (κ1) is 14.6. The molecule has 0 spiro atoms. The highest BCUT2D eigenvalue weighted by Crippen LogP contribution is 2.26. The molecule has 0 saturated carbocycles. The Labute approximate surface area is 120 Å². The standard InChI is InChI=1S/C10H5Cl2F3N4O/c11-7-17-8(12)19-9(18-7)16-5-2-1-3-6(4-5)20-10(13,14)15/h1-4H,(H,16,17,18,19). The van der Waals surface area contributed by atoms with E-state index in [4.69, 9.17) is 23.2 Å². The van der Waals surface area contributed by atoms with Gasteiger partial charge >= 0.3 is 6.36 Å². The topological polar surface area (TPSA) is 59.9 Å². The number of alkyl halides is 3. The van der Waals surface area contributed by atoms with Crippen molar-refractivity contribution in [1.82, 2.24) is 15.0 Å². The van der Waals surface area contributed by atoms with Crippen molar-refractivity contribution in [1.29, 1.82) is 0 Å². The fourth-order valence-electron chi connectivity index (χ4n) is 1.28. The van der Waals surface area contributed by atoms with Crippen LogP contribution in [0.3, 0.4) is 0 Å². The summed E-state index contributed by atoms with van der Waals surface area (Å²) in [6.07, 6.45) is -4.77. The van der Waals surface area contributed by atoms with Crippen LogP contribution in [0.2, 0.25) is 10.6 Å². The summed E-state index contributed by atoms with van der Waals surface area (Å²) in [5.41, 5.74) is 0.269. The normalized spacial score (nSPS) is 11.2. The maximum atomic E-state index is 12.1. The van der Waals surface area contributed by atoms with Crippen LogP contribution in [0.15, 0.2) is 24.3 Å². The number of benzene rings is 1. The second-order valence-electron chi connectivity index (χ2n) is 3.40. The van der Waals surface area contributed by atoms with E-state index in [9.17, 15) is 13.2 Å². The van der Waals surface area contributed by atoms with Crippen LogP contribution < -0.4 is 10.1 Å². The average molecular weight is 325 g/mol. The second kappa shape index (κ2) is 5.68. The van der Waals surface area contributed by atoms with Gasteiger partial charge in [-0.3, -0.25) is 0 Å². The molecule has 0 aliphatic heterocycles. The van der Waals surface area contributed by atoms with Gasteiger partial charge in [-0.05, 0) is 35.3 Å². The zero-order valence-corrected chi connectivity index (χ0v) is 11.0. The summed E-state index contributed by atoms with van der Waals surface area (Å²) in [5.74, 6) is -0.382. The Morgan fingerprint density at radius 1 is 1.05 bits per heavy atom. The Hall–Kier alpha value is -1.80. The van der Waals surface area contributed by atoms with E-state index in [0.717, 1.165) is 12.1 Å². The molecule has 2 aromatic rings. The number of nitrogens with zero attached hydrogens (tertiary/aromatic N) is 3. The van der Waals surface area contributed by atoms with Gasteiger partial charge in [0.05, 0.1) is 0 Å². The van der Waals surface area contributed by atoms with E-state index in [1.165, 1.54) is 12.1 Å². The summed E-state index contributed by atoms with van der Waals surface area (Å²) < 4.78 is 40.1. The number of rotatable bonds is 3. The van der Waals surface area contributed by atoms with Gasteiger partial charge < -0.3 is 10.1 Å². The van der Waals surface area contributed by atoms with Crippen LogP contribution >= 0.6 is 23.2 Å². The fourth-order valence-corrected chi connectivity index (χ4v) is 1.65. The Kier molecular flexibility index (Phi) is 4.15. The number of hydrogen-bond donors (Lipinski definition) is 1. The average Bonchev–Trinajstić information content (AvgIpc) is 2.25. The molecule has 20 heavy (non-hydrogen) atoms. The van der Waals surface area contributed by atoms with Crippen molar-refractivity contribution in [3.63, 3.8) is 0 Å². The maximum absolute atomic E-state index is 12.1. The fraction of sp³-hybridized carbons (Fsp3) is 0.100. The minimum atomic E-state index is -4.77. The third-order valence-electron chi connectivity index (χ3n) is 1.90. The summed E-state index contributed by atoms with van der Waals surface area (Å²) in [5, 5.41) is 2.35. The first-order valence-electron chi connectivity index (χ1n) is 5.02. The molecule has 0 bridgehead atoms. The van der Waals surface area contributed by atoms with E-state index >= 15 is 0 Å². The predicted octanol–water partition coefficient (Wildman–Crippen LogP) is 3.82. The number of aromatic nitrogens is 3. The van der Waals surface area contributed by atoms with Crippen LogP contribution in [0, 0.1) is 0 Å². The summed E-state index contributed by atoms with van der Waals surface area (Å²) in [6, 6.07) is 5.15. The van der Waals surface area contributed by atoms with Gasteiger partial charge in [-0.2, -0.15) is 15.0 Å². The Bertz CT molecular complexity index is 603. The lowest BCUT2D eigenvalue weighted by Crippen LogP contribution is -2.17. The van der Waals surface area contributed by atoms with Crippen LogP contribution in [0.4, 0.5) is 24.8 Å². The molecule has 0 saturated heterocycles. The lowest BCUT2D eigenvalue weighted by atomic mass is 10.3. The molecule has 5 nitrogen and oxygen atoms in total. The molecule has 0 unspecified atom stereocenters. The first-order chi connectivity index (χ1) is 9.32. The quantitative estimate of drug-likeness (QED) is 0.930. The lowest BCUT2D eigenvalue weighted by molar-refractivity contribution is -0.274. The molecule has 0 atom stereocenters. The van der Waals surface area contributed by atoms with Gasteiger partial charge in [0, 0.05) is 11.8 Å². The van der Waals surface area contributed by atoms with Crippen LogP contribution in [0.1, 0.15) is 0 Å². The molecular weight excluding hydrogens is 320 g/mol. The first-order valence-corrected chi connectivity index (χ1v) is 5.77. The molecule has 1 heterocycles. The zero-order chi connectivity index (χ0) is 14.8. The van der Waals surface area contributed by atoms with E-state index in [0.29, 0.717) is 0 Å². The monoisotopic (exact) mass is 324 g/mol. The molecule has 0 aliphatic rings. The van der Waals surface area contributed by atoms with Crippen molar-refractivity contribution >= 4 is 34.8 Å². The maximum Gasteiger partial charge on any atom is 0.573 e. The minimum absolute atomic E-state index is 0.000779. The van der Waals surface area contributed by atoms with Gasteiger partial charge in [-0.1, -0.05) is 6.07 Å². The summed E-state index contributed by atoms with van der Waals surface area (Å²) in [7, 11) is 0. The molecule has 0 radical (unpaired) electrons. The van der Waals surface area contributed by atoms with Gasteiger partial charge in [-0.25, -0.2) is 0 Å². The van der Waals surface area contributed by atoms with Crippen LogP contribution in [-0.4, -0.2) is 21.3 Å². The molecule has 0 fully saturated rings. The van der Waals surface area contributed by atoms with E-state index in [-0.39, 0.29) is 28.0 Å². The highest BCUT2D eigenvalue weighted by molar-refractivity contribution is 6.31. The minimum Gasteiger partial charge on any atom is -0.406 e. The van der Waals surface area contributed by atoms with E-state index in [1.807, 2.05) is 0 Å². The van der Waals surface area contributed by atoms with Crippen LogP contribution in [0.25, 0.3) is 0 Å². The van der Waals surface area contributed by atoms with Gasteiger partial charge in [0.2, 0.25) is 16.5 Å². The highest BCUT2D eigenvalue weighted by Gasteiger charge is 2.31. The highest BCUT2D eigenvalue weighted by atomic mass is 35.5. The molecule has 10 heteroatoms. The van der Waals surface area contributed by atoms with Crippen LogP contribution in [-0.2, 0) is 0 Å². The molecule has 106 valence electrons. The summed E-state index contributed by atoms with van der Waals surface area (Å²) in [6.45, 7) is 0. The summed E-state index contributed by atoms with van der Waals surface area (Å²) >= 11 is 11.1. The van der Waals surface area contributed by atoms with E-state index in [1.54, 1.807) is 0 Å². The molecule has 0 aliphatic carbocycles. The SMILES string of the molecule is FC(F)(F)Oc1cccc(Nc2nc(Cl)nc(Cl)n2)c1. The third kappa shape index (κ3) is 4.39. The van der Waals surface area contributed by atoms with Crippen molar-refractivity contribution in [3.05, 3.63) is 34.8 Å². The smallest absolute Gasteiger partial charge is 0.406 e. The third-order valence-corrected chi connectivity index (χ3v) is 2.24. The van der Waals surface area contributed by atoms with Crippen molar-refractivity contribution in [2.45, 2.75) is 6.36 Å². The predicted molar refractivity (Wildman–Crippen MR) is 66.3 cm³/mol. The van der Waals surface area contributed by atoms with Crippen molar-refractivity contribution < 1.29 is 17.9 Å². The summed E-state index contributed by atoms with van der Waals surface area (Å²) in [4.78, 5) is 11.0. The van der Waals surface area contributed by atoms with E-state index in [2.05, 4.69) is 25.0 Å². The number of hydrogen-bond acceptors (Lipinski definition) is 5. The van der Waals surface area contributed by atoms with Crippen molar-refractivity contribution in [2.75, 3.05) is 5.32 Å². The Balaban J connectivity index is 2.19. The molecule has 1 aromatic carbocycles. The number of ether oxygens (including phenoxy) is 1. The van der Waals surface area contributed by atoms with Gasteiger partial charge in [-0.15, -0.1) is 13.2 Å². The Morgan fingerprint density at radius 2 is 1.70 bits per heavy atom. The lowest BCUT2D eigenvalue weighted by Gasteiger charge is -2.10. The number of halogens is 5. The van der Waals surface area contributed by atoms with Gasteiger partial charge in [0.15, 0.2) is 0 Å². The second-order valence-corrected chi connectivity index (χ2v) is 4.07. The molecule has 1 N–H and O–H groups in total. The Morgan fingerprint density at radius 3 is 2.30 bits per heavy atom.